The zero-order valence-electron chi connectivity index (χ0n) is 14.1. The fraction of sp³-hybridized carbons (Fsp3) is 0.263. The average Bonchev–Trinajstić information content (AvgIpc) is 2.84. The van der Waals surface area contributed by atoms with Gasteiger partial charge in [-0.15, -0.1) is 0 Å². The Morgan fingerprint density at radius 1 is 1.12 bits per heavy atom. The van der Waals surface area contributed by atoms with Crippen molar-refractivity contribution in [2.24, 2.45) is 0 Å². The Balaban J connectivity index is 1.92. The van der Waals surface area contributed by atoms with Crippen molar-refractivity contribution in [1.29, 1.82) is 0 Å². The third-order valence-electron chi connectivity index (χ3n) is 3.52. The van der Waals surface area contributed by atoms with Crippen molar-refractivity contribution < 1.29 is 9.36 Å². The molecule has 0 fully saturated rings. The van der Waals surface area contributed by atoms with Crippen molar-refractivity contribution in [3.05, 3.63) is 54.6 Å². The minimum absolute atomic E-state index is 0.0841. The predicted octanol–water partition coefficient (Wildman–Crippen LogP) is 3.64. The quantitative estimate of drug-likeness (QED) is 0.375. The minimum Gasteiger partial charge on any atom is -0.293 e. The molecule has 2 nitrogen and oxygen atoms in total. The predicted molar refractivity (Wildman–Crippen MR) is 104 cm³/mol. The van der Waals surface area contributed by atoms with Crippen LogP contribution in [0.15, 0.2) is 58.9 Å². The van der Waals surface area contributed by atoms with E-state index in [1.54, 1.807) is 18.3 Å². The summed E-state index contributed by atoms with van der Waals surface area (Å²) in [6.45, 7) is 6.67. The standard InChI is InChI=1S/C19H20NOS2Si/c1-14(21)13-20-16-11-7-8-12-17(16)22-18(20)23-19(2,3)24-15-9-5-4-6-10-15/h4-12H,13H2,1-3H3/q+1. The molecule has 2 radical (unpaired) electrons. The maximum absolute atomic E-state index is 11.7. The van der Waals surface area contributed by atoms with Crippen LogP contribution in [0.4, 0.5) is 0 Å². The second-order valence-corrected chi connectivity index (χ2v) is 11.6. The Morgan fingerprint density at radius 3 is 2.50 bits per heavy atom. The topological polar surface area (TPSA) is 20.9 Å². The van der Waals surface area contributed by atoms with Gasteiger partial charge in [0.2, 0.25) is 12.1 Å². The lowest BCUT2D eigenvalue weighted by atomic mass is 10.3. The van der Waals surface area contributed by atoms with Crippen LogP contribution >= 0.6 is 23.1 Å². The number of carbonyl (C=O) groups excluding carboxylic acids is 1. The Kier molecular flexibility index (Phi) is 5.23. The third kappa shape index (κ3) is 4.15. The molecule has 1 heterocycles. The Labute approximate surface area is 153 Å². The van der Waals surface area contributed by atoms with Crippen LogP contribution in [0.25, 0.3) is 10.2 Å². The van der Waals surface area contributed by atoms with Gasteiger partial charge in [0.1, 0.15) is 14.2 Å². The van der Waals surface area contributed by atoms with Gasteiger partial charge in [-0.3, -0.25) is 4.79 Å². The van der Waals surface area contributed by atoms with Crippen LogP contribution in [-0.4, -0.2) is 19.7 Å². The number of carbonyl (C=O) groups is 1. The van der Waals surface area contributed by atoms with Gasteiger partial charge < -0.3 is 0 Å². The molecule has 5 heteroatoms. The normalized spacial score (nSPS) is 11.8. The molecule has 0 atom stereocenters. The van der Waals surface area contributed by atoms with E-state index in [1.165, 1.54) is 14.2 Å². The zero-order chi connectivity index (χ0) is 17.2. The molecule has 122 valence electrons. The van der Waals surface area contributed by atoms with E-state index in [9.17, 15) is 4.79 Å². The van der Waals surface area contributed by atoms with Gasteiger partial charge in [-0.25, -0.2) is 0 Å². The number of ketones is 1. The highest BCUT2D eigenvalue weighted by molar-refractivity contribution is 8.03. The van der Waals surface area contributed by atoms with Crippen molar-refractivity contribution >= 4 is 53.8 Å². The number of hydrogen-bond acceptors (Lipinski definition) is 3. The number of Topliss-reactive ketones (excluding diaryl/α,β-unsaturated/α-hetero) is 1. The van der Waals surface area contributed by atoms with Crippen LogP contribution in [0, 0.1) is 0 Å². The summed E-state index contributed by atoms with van der Waals surface area (Å²) in [4.78, 5) is 11.7. The lowest BCUT2D eigenvalue weighted by Crippen LogP contribution is -2.40. The lowest BCUT2D eigenvalue weighted by molar-refractivity contribution is -0.689. The smallest absolute Gasteiger partial charge is 0.293 e. The molecular formula is C19H20NOS2Si+. The summed E-state index contributed by atoms with van der Waals surface area (Å²) in [6, 6.07) is 19.0. The van der Waals surface area contributed by atoms with Gasteiger partial charge in [0, 0.05) is 17.4 Å². The zero-order valence-corrected chi connectivity index (χ0v) is 16.7. The lowest BCUT2D eigenvalue weighted by Gasteiger charge is -2.20. The van der Waals surface area contributed by atoms with E-state index in [2.05, 4.69) is 66.9 Å². The first kappa shape index (κ1) is 17.4. The van der Waals surface area contributed by atoms with Crippen molar-refractivity contribution in [2.75, 3.05) is 0 Å². The molecule has 1 aromatic heterocycles. The number of benzene rings is 2. The summed E-state index contributed by atoms with van der Waals surface area (Å²) in [7, 11) is 0.707. The summed E-state index contributed by atoms with van der Waals surface area (Å²) in [5.74, 6) is 0.189. The number of para-hydroxylation sites is 1. The average molecular weight is 371 g/mol. The highest BCUT2D eigenvalue weighted by Crippen LogP contribution is 2.35. The second-order valence-electron chi connectivity index (χ2n) is 6.23. The number of thiazole rings is 1. The molecule has 24 heavy (non-hydrogen) atoms. The molecule has 0 aliphatic carbocycles. The summed E-state index contributed by atoms with van der Waals surface area (Å²) < 4.78 is 4.70. The fourth-order valence-corrected chi connectivity index (χ4v) is 7.36. The van der Waals surface area contributed by atoms with E-state index in [4.69, 9.17) is 0 Å². The molecule has 0 aliphatic rings. The largest absolute Gasteiger partial charge is 0.299 e. The number of nitrogens with zero attached hydrogens (tertiary/aromatic N) is 1. The summed E-state index contributed by atoms with van der Waals surface area (Å²) >= 11 is 3.66. The van der Waals surface area contributed by atoms with Gasteiger partial charge in [-0.05, 0) is 17.8 Å². The number of aromatic nitrogens is 1. The van der Waals surface area contributed by atoms with Gasteiger partial charge in [0.05, 0.1) is 0 Å². The summed E-state index contributed by atoms with van der Waals surface area (Å²) in [5, 5.41) is 1.37. The number of hydrogen-bond donors (Lipinski definition) is 0. The van der Waals surface area contributed by atoms with Crippen LogP contribution in [0.1, 0.15) is 20.8 Å². The number of thioether (sulfide) groups is 1. The van der Waals surface area contributed by atoms with Gasteiger partial charge in [0.15, 0.2) is 5.78 Å². The Hall–Kier alpha value is -1.43. The molecule has 3 rings (SSSR count). The van der Waals surface area contributed by atoms with Crippen molar-refractivity contribution in [3.63, 3.8) is 0 Å². The van der Waals surface area contributed by atoms with Gasteiger partial charge in [0.25, 0.3) is 4.34 Å². The summed E-state index contributed by atoms with van der Waals surface area (Å²) in [5.41, 5.74) is 1.15. The SMILES string of the molecule is CC(=O)C[n+]1c(SC(C)(C)[Si]c2ccccc2)sc2ccccc21. The summed E-state index contributed by atoms with van der Waals surface area (Å²) in [6.07, 6.45) is 0. The van der Waals surface area contributed by atoms with E-state index in [-0.39, 0.29) is 10.2 Å². The molecule has 0 saturated heterocycles. The van der Waals surface area contributed by atoms with E-state index in [0.717, 1.165) is 5.52 Å². The van der Waals surface area contributed by atoms with Crippen molar-refractivity contribution in [3.8, 4) is 0 Å². The number of rotatable bonds is 6. The molecule has 3 aromatic rings. The first-order chi connectivity index (χ1) is 11.4. The Bertz CT molecular complexity index is 858. The van der Waals surface area contributed by atoms with E-state index in [0.29, 0.717) is 16.1 Å². The molecule has 0 bridgehead atoms. The van der Waals surface area contributed by atoms with Crippen LogP contribution in [0.2, 0.25) is 0 Å². The molecule has 0 spiro atoms. The van der Waals surface area contributed by atoms with Crippen LogP contribution in [0.3, 0.4) is 0 Å². The molecule has 0 saturated carbocycles. The Morgan fingerprint density at radius 2 is 1.79 bits per heavy atom. The molecule has 0 unspecified atom stereocenters. The van der Waals surface area contributed by atoms with Crippen LogP contribution in [-0.2, 0) is 11.3 Å². The molecular weight excluding hydrogens is 350 g/mol. The molecule has 0 amide bonds. The fourth-order valence-electron chi connectivity index (χ4n) is 2.58. The van der Waals surface area contributed by atoms with Gasteiger partial charge in [-0.2, -0.15) is 4.57 Å². The van der Waals surface area contributed by atoms with E-state index < -0.39 is 0 Å². The van der Waals surface area contributed by atoms with Crippen molar-refractivity contribution in [2.45, 2.75) is 36.0 Å². The first-order valence-electron chi connectivity index (χ1n) is 7.88. The second kappa shape index (κ2) is 7.21. The first-order valence-corrected chi connectivity index (χ1v) is 10.5. The maximum Gasteiger partial charge on any atom is 0.299 e. The highest BCUT2D eigenvalue weighted by Gasteiger charge is 2.30. The minimum atomic E-state index is 0.0841. The maximum atomic E-state index is 11.7. The van der Waals surface area contributed by atoms with E-state index >= 15 is 0 Å². The van der Waals surface area contributed by atoms with Gasteiger partial charge >= 0.3 is 0 Å². The number of fused-ring (bicyclic) bond motifs is 1. The van der Waals surface area contributed by atoms with Gasteiger partial charge in [-0.1, -0.05) is 72.8 Å². The van der Waals surface area contributed by atoms with Crippen molar-refractivity contribution in [1.82, 2.24) is 0 Å². The van der Waals surface area contributed by atoms with Crippen LogP contribution in [0.5, 0.6) is 0 Å². The highest BCUT2D eigenvalue weighted by atomic mass is 32.2. The molecule has 0 N–H and O–H groups in total. The van der Waals surface area contributed by atoms with Crippen LogP contribution < -0.4 is 9.75 Å². The molecule has 2 aromatic carbocycles. The molecule has 0 aliphatic heterocycles. The van der Waals surface area contributed by atoms with E-state index in [1.807, 2.05) is 17.8 Å². The third-order valence-corrected chi connectivity index (χ3v) is 7.72. The monoisotopic (exact) mass is 370 g/mol.